The van der Waals surface area contributed by atoms with Crippen molar-refractivity contribution in [1.82, 2.24) is 0 Å². The van der Waals surface area contributed by atoms with Gasteiger partial charge in [0, 0.05) is 16.8 Å². The number of benzene rings is 1. The molecule has 1 aliphatic carbocycles. The van der Waals surface area contributed by atoms with Crippen LogP contribution in [0.1, 0.15) is 39.0 Å². The number of hydrogen-bond acceptors (Lipinski definition) is 4. The van der Waals surface area contributed by atoms with Crippen LogP contribution in [0.4, 0.5) is 10.1 Å². The summed E-state index contributed by atoms with van der Waals surface area (Å²) in [5.74, 6) is -0.204. The maximum Gasteiger partial charge on any atom is 0.180 e. The van der Waals surface area contributed by atoms with Gasteiger partial charge in [-0.15, -0.1) is 0 Å². The van der Waals surface area contributed by atoms with E-state index in [-0.39, 0.29) is 11.4 Å². The average molecular weight is 315 g/mol. The van der Waals surface area contributed by atoms with Crippen LogP contribution in [0.15, 0.2) is 23.1 Å². The van der Waals surface area contributed by atoms with Crippen LogP contribution in [-0.4, -0.2) is 17.4 Å². The van der Waals surface area contributed by atoms with Crippen molar-refractivity contribution in [3.05, 3.63) is 24.0 Å². The van der Waals surface area contributed by atoms with Crippen molar-refractivity contribution >= 4 is 30.1 Å². The van der Waals surface area contributed by atoms with Crippen LogP contribution in [0, 0.1) is 5.82 Å². The molecule has 2 aliphatic rings. The summed E-state index contributed by atoms with van der Waals surface area (Å²) < 4.78 is 18.1. The molecule has 1 unspecified atom stereocenters. The van der Waals surface area contributed by atoms with E-state index in [9.17, 15) is 4.39 Å². The molecular formula is C15H22FNOS2. The molecular weight excluding hydrogens is 293 g/mol. The Morgan fingerprint density at radius 3 is 2.70 bits per heavy atom. The van der Waals surface area contributed by atoms with Gasteiger partial charge in [-0.25, -0.2) is 4.39 Å². The third-order valence-electron chi connectivity index (χ3n) is 3.34. The van der Waals surface area contributed by atoms with E-state index >= 15 is 0 Å². The monoisotopic (exact) mass is 315 g/mol. The highest BCUT2D eigenvalue weighted by atomic mass is 32.2. The number of rotatable bonds is 2. The topological polar surface area (TPSA) is 21.3 Å². The molecule has 0 radical (unpaired) electrons. The normalized spacial score (nSPS) is 21.6. The molecule has 1 fully saturated rings. The Morgan fingerprint density at radius 2 is 2.10 bits per heavy atom. The van der Waals surface area contributed by atoms with Crippen molar-refractivity contribution in [2.24, 2.45) is 0 Å². The molecule has 3 rings (SSSR count). The maximum atomic E-state index is 12.8. The van der Waals surface area contributed by atoms with Crippen LogP contribution in [0.5, 0.6) is 0 Å². The SMILES string of the molecule is CCOC1Nc2ccc(F)cc2S1.SC1CCCCC1. The summed E-state index contributed by atoms with van der Waals surface area (Å²) in [5, 5.41) is 3.87. The molecule has 2 nitrogen and oxygen atoms in total. The summed E-state index contributed by atoms with van der Waals surface area (Å²) in [4.78, 5) is 0.915. The lowest BCUT2D eigenvalue weighted by atomic mass is 10.0. The van der Waals surface area contributed by atoms with E-state index in [0.717, 1.165) is 15.8 Å². The molecule has 1 saturated carbocycles. The van der Waals surface area contributed by atoms with Crippen molar-refractivity contribution in [2.45, 2.75) is 54.7 Å². The van der Waals surface area contributed by atoms with Gasteiger partial charge in [0.15, 0.2) is 5.56 Å². The highest BCUT2D eigenvalue weighted by molar-refractivity contribution is 8.00. The van der Waals surface area contributed by atoms with Crippen molar-refractivity contribution < 1.29 is 9.13 Å². The molecule has 0 saturated heterocycles. The smallest absolute Gasteiger partial charge is 0.180 e. The number of nitrogens with one attached hydrogen (secondary N) is 1. The molecule has 1 heterocycles. The van der Waals surface area contributed by atoms with E-state index in [1.165, 1.54) is 56.0 Å². The molecule has 1 aromatic carbocycles. The summed E-state index contributed by atoms with van der Waals surface area (Å²) in [6.07, 6.45) is 6.96. The zero-order chi connectivity index (χ0) is 14.4. The van der Waals surface area contributed by atoms with Gasteiger partial charge in [0.2, 0.25) is 0 Å². The number of fused-ring (bicyclic) bond motifs is 1. The second-order valence-corrected chi connectivity index (χ2v) is 6.82. The molecule has 1 N–H and O–H groups in total. The van der Waals surface area contributed by atoms with E-state index in [4.69, 9.17) is 4.74 Å². The zero-order valence-corrected chi connectivity index (χ0v) is 13.5. The lowest BCUT2D eigenvalue weighted by Gasteiger charge is -2.14. The van der Waals surface area contributed by atoms with E-state index in [0.29, 0.717) is 6.61 Å². The Bertz CT molecular complexity index is 424. The lowest BCUT2D eigenvalue weighted by molar-refractivity contribution is 0.144. The maximum absolute atomic E-state index is 12.8. The third kappa shape index (κ3) is 4.86. The molecule has 112 valence electrons. The van der Waals surface area contributed by atoms with Crippen LogP contribution in [0.25, 0.3) is 0 Å². The fourth-order valence-corrected chi connectivity index (χ4v) is 3.71. The molecule has 0 aromatic heterocycles. The second-order valence-electron chi connectivity index (χ2n) is 4.98. The Morgan fingerprint density at radius 1 is 1.35 bits per heavy atom. The van der Waals surface area contributed by atoms with Gasteiger partial charge in [0.25, 0.3) is 0 Å². The fraction of sp³-hybridized carbons (Fsp3) is 0.600. The Kier molecular flexibility index (Phi) is 6.52. The van der Waals surface area contributed by atoms with E-state index in [1.807, 2.05) is 6.92 Å². The van der Waals surface area contributed by atoms with E-state index in [1.54, 1.807) is 6.07 Å². The van der Waals surface area contributed by atoms with Crippen molar-refractivity contribution in [1.29, 1.82) is 0 Å². The van der Waals surface area contributed by atoms with Crippen molar-refractivity contribution in [2.75, 3.05) is 11.9 Å². The third-order valence-corrected chi connectivity index (χ3v) is 4.92. The second kappa shape index (κ2) is 8.15. The zero-order valence-electron chi connectivity index (χ0n) is 11.8. The Hall–Kier alpha value is -0.390. The number of anilines is 1. The molecule has 0 bridgehead atoms. The van der Waals surface area contributed by atoms with Crippen LogP contribution in [-0.2, 0) is 4.74 Å². The minimum absolute atomic E-state index is 0.0678. The molecule has 1 aromatic rings. The summed E-state index contributed by atoms with van der Waals surface area (Å²) in [7, 11) is 0. The number of hydrogen-bond donors (Lipinski definition) is 2. The minimum Gasteiger partial charge on any atom is -0.350 e. The van der Waals surface area contributed by atoms with Crippen LogP contribution >= 0.6 is 24.4 Å². The first-order chi connectivity index (χ1) is 9.69. The standard InChI is InChI=1S/C9H10FNOS.C6H12S/c1-2-12-9-11-7-4-3-6(10)5-8(7)13-9;7-6-4-2-1-3-5-6/h3-5,9,11H,2H2,1H3;6-7H,1-5H2. The first-order valence-corrected chi connectivity index (χ1v) is 8.61. The molecule has 0 spiro atoms. The summed E-state index contributed by atoms with van der Waals surface area (Å²) in [6, 6.07) is 4.70. The van der Waals surface area contributed by atoms with Gasteiger partial charge in [0.05, 0.1) is 5.69 Å². The number of thiol groups is 1. The van der Waals surface area contributed by atoms with Gasteiger partial charge in [0.1, 0.15) is 5.82 Å². The molecule has 1 atom stereocenters. The number of thioether (sulfide) groups is 1. The van der Waals surface area contributed by atoms with Crippen LogP contribution < -0.4 is 5.32 Å². The van der Waals surface area contributed by atoms with Gasteiger partial charge in [-0.05, 0) is 38.0 Å². The predicted molar refractivity (Wildman–Crippen MR) is 87.2 cm³/mol. The molecule has 1 aliphatic heterocycles. The largest absolute Gasteiger partial charge is 0.350 e. The Labute approximate surface area is 130 Å². The van der Waals surface area contributed by atoms with Gasteiger partial charge in [-0.3, -0.25) is 0 Å². The number of halogens is 1. The first kappa shape index (κ1) is 16.0. The highest BCUT2D eigenvalue weighted by Gasteiger charge is 2.21. The van der Waals surface area contributed by atoms with Gasteiger partial charge in [-0.1, -0.05) is 31.0 Å². The summed E-state index contributed by atoms with van der Waals surface area (Å²) in [6.45, 7) is 2.59. The average Bonchev–Trinajstić information content (AvgIpc) is 2.82. The van der Waals surface area contributed by atoms with Crippen molar-refractivity contribution in [3.63, 3.8) is 0 Å². The number of ether oxygens (including phenoxy) is 1. The van der Waals surface area contributed by atoms with Crippen molar-refractivity contribution in [3.8, 4) is 0 Å². The first-order valence-electron chi connectivity index (χ1n) is 7.21. The summed E-state index contributed by atoms with van der Waals surface area (Å²) >= 11 is 5.86. The van der Waals surface area contributed by atoms with E-state index < -0.39 is 0 Å². The highest BCUT2D eigenvalue weighted by Crippen LogP contribution is 2.38. The van der Waals surface area contributed by atoms with Gasteiger partial charge in [-0.2, -0.15) is 12.6 Å². The van der Waals surface area contributed by atoms with Gasteiger partial charge >= 0.3 is 0 Å². The summed E-state index contributed by atoms with van der Waals surface area (Å²) in [5.41, 5.74) is 0.881. The van der Waals surface area contributed by atoms with E-state index in [2.05, 4.69) is 17.9 Å². The minimum atomic E-state index is -0.204. The quantitative estimate of drug-likeness (QED) is 0.757. The fourth-order valence-electron chi connectivity index (χ4n) is 2.29. The van der Waals surface area contributed by atoms with Gasteiger partial charge < -0.3 is 10.1 Å². The van der Waals surface area contributed by atoms with Crippen LogP contribution in [0.3, 0.4) is 0 Å². The predicted octanol–water partition coefficient (Wildman–Crippen LogP) is 4.91. The Balaban J connectivity index is 0.000000178. The van der Waals surface area contributed by atoms with Crippen LogP contribution in [0.2, 0.25) is 0 Å². The lowest BCUT2D eigenvalue weighted by Crippen LogP contribution is -2.13. The molecule has 5 heteroatoms. The molecule has 20 heavy (non-hydrogen) atoms. The molecule has 0 amide bonds.